The Morgan fingerprint density at radius 2 is 1.88 bits per heavy atom. The third kappa shape index (κ3) is 3.34. The minimum atomic E-state index is -0.122. The maximum Gasteiger partial charge on any atom is 0.238 e. The smallest absolute Gasteiger partial charge is 0.238 e. The highest BCUT2D eigenvalue weighted by molar-refractivity contribution is 9.10. The zero-order valence-electron chi connectivity index (χ0n) is 9.58. The van der Waals surface area contributed by atoms with Gasteiger partial charge in [-0.1, -0.05) is 28.1 Å². The Morgan fingerprint density at radius 3 is 2.59 bits per heavy atom. The number of Topliss-reactive ketones (excluding diaryl/α,β-unsaturated/α-hetero) is 1. The van der Waals surface area contributed by atoms with Gasteiger partial charge >= 0.3 is 0 Å². The van der Waals surface area contributed by atoms with Crippen LogP contribution in [-0.4, -0.2) is 23.8 Å². The monoisotopic (exact) mass is 291 g/mol. The Balaban J connectivity index is 2.06. The summed E-state index contributed by atoms with van der Waals surface area (Å²) in [7, 11) is 0. The number of carbonyl (C=O) groups excluding carboxylic acids is 1. The molecular weight excluding hydrogens is 278 g/mol. The predicted molar refractivity (Wildman–Crippen MR) is 71.7 cm³/mol. The quantitative estimate of drug-likeness (QED) is 0.585. The second-order valence-electron chi connectivity index (χ2n) is 4.09. The van der Waals surface area contributed by atoms with Crippen LogP contribution in [0.25, 0.3) is 0 Å². The molecule has 0 atom stereocenters. The molecule has 0 aromatic heterocycles. The van der Waals surface area contributed by atoms with Crippen molar-refractivity contribution in [3.05, 3.63) is 34.3 Å². The van der Waals surface area contributed by atoms with E-state index in [0.717, 1.165) is 17.6 Å². The third-order valence-corrected chi connectivity index (χ3v) is 3.49. The number of hydrogen-bond donors (Lipinski definition) is 0. The number of halogens is 1. The van der Waals surface area contributed by atoms with Gasteiger partial charge in [0.2, 0.25) is 5.78 Å². The Bertz CT molecular complexity index is 467. The van der Waals surface area contributed by atoms with E-state index in [1.54, 1.807) is 6.07 Å². The van der Waals surface area contributed by atoms with Gasteiger partial charge in [0.15, 0.2) is 0 Å². The van der Waals surface area contributed by atoms with Crippen LogP contribution in [0.4, 0.5) is 0 Å². The molecule has 1 aliphatic rings. The van der Waals surface area contributed by atoms with Crippen LogP contribution in [-0.2, 0) is 0 Å². The second-order valence-corrected chi connectivity index (χ2v) is 4.95. The number of rotatable bonds is 1. The molecule has 1 saturated heterocycles. The Kier molecular flexibility index (Phi) is 4.22. The molecule has 0 N–H and O–H groups in total. The van der Waals surface area contributed by atoms with Gasteiger partial charge in [0.05, 0.1) is 0 Å². The Labute approximate surface area is 110 Å². The fraction of sp³-hybridized carbons (Fsp3) is 0.357. The van der Waals surface area contributed by atoms with Crippen molar-refractivity contribution in [2.24, 2.45) is 0 Å². The molecule has 0 amide bonds. The molecule has 88 valence electrons. The van der Waals surface area contributed by atoms with Crippen LogP contribution in [0, 0.1) is 12.0 Å². The highest BCUT2D eigenvalue weighted by Crippen LogP contribution is 2.16. The van der Waals surface area contributed by atoms with Crippen LogP contribution in [0.3, 0.4) is 0 Å². The molecule has 1 aromatic rings. The molecule has 3 heteroatoms. The molecule has 17 heavy (non-hydrogen) atoms. The lowest BCUT2D eigenvalue weighted by Gasteiger charge is -2.21. The van der Waals surface area contributed by atoms with Crippen LogP contribution in [0.15, 0.2) is 28.7 Å². The molecule has 1 aromatic carbocycles. The molecule has 1 aliphatic heterocycles. The summed E-state index contributed by atoms with van der Waals surface area (Å²) in [6.45, 7) is 1.96. The Hall–Kier alpha value is -1.27. The molecule has 0 radical (unpaired) electrons. The largest absolute Gasteiger partial charge is 0.332 e. The summed E-state index contributed by atoms with van der Waals surface area (Å²) in [5, 5.41) is 0. The molecule has 0 aliphatic carbocycles. The lowest BCUT2D eigenvalue weighted by atomic mass is 10.1. The van der Waals surface area contributed by atoms with E-state index in [2.05, 4.69) is 27.9 Å². The van der Waals surface area contributed by atoms with Gasteiger partial charge in [-0.15, -0.1) is 0 Å². The van der Waals surface area contributed by atoms with E-state index in [9.17, 15) is 4.79 Å². The lowest BCUT2D eigenvalue weighted by Crippen LogP contribution is -2.25. The van der Waals surface area contributed by atoms with Crippen molar-refractivity contribution in [1.82, 2.24) is 4.90 Å². The van der Waals surface area contributed by atoms with Crippen molar-refractivity contribution in [3.8, 4) is 12.0 Å². The first-order chi connectivity index (χ1) is 8.27. The first-order valence-electron chi connectivity index (χ1n) is 5.83. The maximum absolute atomic E-state index is 11.9. The van der Waals surface area contributed by atoms with Crippen LogP contribution in [0.1, 0.15) is 29.6 Å². The molecule has 0 spiro atoms. The molecule has 1 fully saturated rings. The Morgan fingerprint density at radius 1 is 1.18 bits per heavy atom. The number of likely N-dealkylation sites (tertiary alicyclic amines) is 1. The average Bonchev–Trinajstić information content (AvgIpc) is 2.38. The molecule has 1 heterocycles. The molecule has 0 unspecified atom stereocenters. The van der Waals surface area contributed by atoms with Gasteiger partial charge in [0, 0.05) is 29.2 Å². The van der Waals surface area contributed by atoms with Crippen LogP contribution >= 0.6 is 15.9 Å². The average molecular weight is 292 g/mol. The number of piperidine rings is 1. The first kappa shape index (κ1) is 12.2. The van der Waals surface area contributed by atoms with E-state index in [1.807, 2.05) is 23.1 Å². The van der Waals surface area contributed by atoms with Crippen LogP contribution in [0.2, 0.25) is 0 Å². The standard InChI is InChI=1S/C14H14BrNO/c15-13-7-3-2-6-12(13)14(17)8-11-16-9-4-1-5-10-16/h2-3,6-7H,1,4-5,9-10H2. The summed E-state index contributed by atoms with van der Waals surface area (Å²) in [6, 6.07) is 10.3. The molecule has 2 nitrogen and oxygen atoms in total. The van der Waals surface area contributed by atoms with Crippen LogP contribution < -0.4 is 0 Å². The zero-order chi connectivity index (χ0) is 12.1. The van der Waals surface area contributed by atoms with Gasteiger partial charge in [0.25, 0.3) is 0 Å². The predicted octanol–water partition coefficient (Wildman–Crippen LogP) is 3.08. The number of carbonyl (C=O) groups is 1. The van der Waals surface area contributed by atoms with Crippen molar-refractivity contribution < 1.29 is 4.79 Å². The number of ketones is 1. The van der Waals surface area contributed by atoms with E-state index in [0.29, 0.717) is 5.56 Å². The lowest BCUT2D eigenvalue weighted by molar-refractivity contribution is 0.105. The third-order valence-electron chi connectivity index (χ3n) is 2.80. The number of hydrogen-bond acceptors (Lipinski definition) is 2. The summed E-state index contributed by atoms with van der Waals surface area (Å²) in [5.74, 6) is 2.59. The molecule has 0 bridgehead atoms. The summed E-state index contributed by atoms with van der Waals surface area (Å²) in [6.07, 6.45) is 3.63. The van der Waals surface area contributed by atoms with Gasteiger partial charge in [0.1, 0.15) is 0 Å². The summed E-state index contributed by atoms with van der Waals surface area (Å²) in [4.78, 5) is 13.9. The minimum absolute atomic E-state index is 0.122. The summed E-state index contributed by atoms with van der Waals surface area (Å²) in [5.41, 5.74) is 0.636. The van der Waals surface area contributed by atoms with Crippen molar-refractivity contribution in [2.45, 2.75) is 19.3 Å². The van der Waals surface area contributed by atoms with Gasteiger partial charge in [-0.05, 0) is 37.3 Å². The number of nitrogens with zero attached hydrogens (tertiary/aromatic N) is 1. The molecule has 2 rings (SSSR count). The fourth-order valence-electron chi connectivity index (χ4n) is 1.85. The highest BCUT2D eigenvalue weighted by Gasteiger charge is 2.08. The van der Waals surface area contributed by atoms with Gasteiger partial charge in [-0.25, -0.2) is 0 Å². The van der Waals surface area contributed by atoms with E-state index < -0.39 is 0 Å². The SMILES string of the molecule is O=C(C#CN1CCCCC1)c1ccccc1Br. The van der Waals surface area contributed by atoms with Crippen molar-refractivity contribution in [3.63, 3.8) is 0 Å². The molecular formula is C14H14BrNO. The van der Waals surface area contributed by atoms with Gasteiger partial charge < -0.3 is 4.90 Å². The van der Waals surface area contributed by atoms with Crippen molar-refractivity contribution in [2.75, 3.05) is 13.1 Å². The topological polar surface area (TPSA) is 20.3 Å². The van der Waals surface area contributed by atoms with Gasteiger partial charge in [-0.2, -0.15) is 0 Å². The summed E-state index contributed by atoms with van der Waals surface area (Å²) < 4.78 is 0.804. The van der Waals surface area contributed by atoms with E-state index >= 15 is 0 Å². The van der Waals surface area contributed by atoms with Crippen LogP contribution in [0.5, 0.6) is 0 Å². The second kappa shape index (κ2) is 5.88. The first-order valence-corrected chi connectivity index (χ1v) is 6.62. The van der Waals surface area contributed by atoms with Crippen molar-refractivity contribution >= 4 is 21.7 Å². The highest BCUT2D eigenvalue weighted by atomic mass is 79.9. The minimum Gasteiger partial charge on any atom is -0.332 e. The number of benzene rings is 1. The van der Waals surface area contributed by atoms with Gasteiger partial charge in [-0.3, -0.25) is 4.79 Å². The summed E-state index contributed by atoms with van der Waals surface area (Å²) >= 11 is 3.36. The molecule has 0 saturated carbocycles. The maximum atomic E-state index is 11.9. The van der Waals surface area contributed by atoms with Crippen molar-refractivity contribution in [1.29, 1.82) is 0 Å². The van der Waals surface area contributed by atoms with E-state index in [-0.39, 0.29) is 5.78 Å². The van der Waals surface area contributed by atoms with E-state index in [1.165, 1.54) is 19.3 Å². The fourth-order valence-corrected chi connectivity index (χ4v) is 2.31. The normalized spacial score (nSPS) is 15.0. The zero-order valence-corrected chi connectivity index (χ0v) is 11.2. The van der Waals surface area contributed by atoms with E-state index in [4.69, 9.17) is 0 Å².